The van der Waals surface area contributed by atoms with Crippen molar-refractivity contribution in [1.29, 1.82) is 0 Å². The molecule has 2 saturated heterocycles. The SMILES string of the molecule is Cn1c(Cl)cnc1CN1CCCN(C(=O)[C@H]2CCCO2)CC1. The third-order valence-corrected chi connectivity index (χ3v) is 4.85. The van der Waals surface area contributed by atoms with E-state index in [1.807, 2.05) is 16.5 Å². The molecule has 2 fully saturated rings. The standard InChI is InChI=1S/C15H23ClN4O2/c1-18-13(16)10-17-14(18)11-19-5-3-6-20(8-7-19)15(21)12-4-2-9-22-12/h10,12H,2-9,11H2,1H3/t12-/m1/s1. The fourth-order valence-electron chi connectivity index (χ4n) is 3.10. The molecule has 1 aromatic rings. The summed E-state index contributed by atoms with van der Waals surface area (Å²) in [6.07, 6.45) is 4.32. The molecule has 1 aromatic heterocycles. The summed E-state index contributed by atoms with van der Waals surface area (Å²) in [5.74, 6) is 1.13. The van der Waals surface area contributed by atoms with E-state index < -0.39 is 0 Å². The quantitative estimate of drug-likeness (QED) is 0.840. The molecule has 0 aliphatic carbocycles. The highest BCUT2D eigenvalue weighted by Crippen LogP contribution is 2.17. The van der Waals surface area contributed by atoms with Gasteiger partial charge < -0.3 is 14.2 Å². The number of imidazole rings is 1. The number of hydrogen-bond acceptors (Lipinski definition) is 4. The maximum atomic E-state index is 12.4. The summed E-state index contributed by atoms with van der Waals surface area (Å²) >= 11 is 6.03. The maximum absolute atomic E-state index is 12.4. The number of halogens is 1. The van der Waals surface area contributed by atoms with Gasteiger partial charge in [-0.25, -0.2) is 4.98 Å². The maximum Gasteiger partial charge on any atom is 0.251 e. The van der Waals surface area contributed by atoms with Crippen molar-refractivity contribution in [3.05, 3.63) is 17.2 Å². The Kier molecular flexibility index (Phi) is 5.00. The van der Waals surface area contributed by atoms with Gasteiger partial charge in [0.05, 0.1) is 12.7 Å². The van der Waals surface area contributed by atoms with Crippen LogP contribution in [0, 0.1) is 0 Å². The predicted molar refractivity (Wildman–Crippen MR) is 83.7 cm³/mol. The Bertz CT molecular complexity index is 528. The molecule has 0 N–H and O–H groups in total. The number of aromatic nitrogens is 2. The number of nitrogens with zero attached hydrogens (tertiary/aromatic N) is 4. The Labute approximate surface area is 136 Å². The lowest BCUT2D eigenvalue weighted by molar-refractivity contribution is -0.140. The van der Waals surface area contributed by atoms with Gasteiger partial charge in [0, 0.05) is 39.8 Å². The van der Waals surface area contributed by atoms with Gasteiger partial charge in [0.1, 0.15) is 17.1 Å². The third-order valence-electron chi connectivity index (χ3n) is 4.50. The van der Waals surface area contributed by atoms with E-state index in [-0.39, 0.29) is 12.0 Å². The number of carbonyl (C=O) groups is 1. The molecular weight excluding hydrogens is 304 g/mol. The van der Waals surface area contributed by atoms with Crippen LogP contribution in [0.4, 0.5) is 0 Å². The Morgan fingerprint density at radius 2 is 2.23 bits per heavy atom. The Morgan fingerprint density at radius 1 is 1.36 bits per heavy atom. The molecule has 122 valence electrons. The van der Waals surface area contributed by atoms with E-state index in [1.165, 1.54) is 0 Å². The number of ether oxygens (including phenoxy) is 1. The van der Waals surface area contributed by atoms with Crippen molar-refractivity contribution < 1.29 is 9.53 Å². The second-order valence-corrected chi connectivity index (χ2v) is 6.40. The average molecular weight is 327 g/mol. The molecular formula is C15H23ClN4O2. The van der Waals surface area contributed by atoms with Crippen molar-refractivity contribution in [2.75, 3.05) is 32.8 Å². The van der Waals surface area contributed by atoms with E-state index in [9.17, 15) is 4.79 Å². The fraction of sp³-hybridized carbons (Fsp3) is 0.733. The normalized spacial score (nSPS) is 23.7. The molecule has 2 aliphatic rings. The smallest absolute Gasteiger partial charge is 0.251 e. The minimum absolute atomic E-state index is 0.166. The van der Waals surface area contributed by atoms with Gasteiger partial charge >= 0.3 is 0 Å². The van der Waals surface area contributed by atoms with Crippen LogP contribution in [0.5, 0.6) is 0 Å². The molecule has 0 radical (unpaired) electrons. The first-order valence-corrected chi connectivity index (χ1v) is 8.32. The van der Waals surface area contributed by atoms with Crippen LogP contribution >= 0.6 is 11.6 Å². The van der Waals surface area contributed by atoms with Crippen molar-refractivity contribution in [2.24, 2.45) is 7.05 Å². The van der Waals surface area contributed by atoms with Crippen molar-refractivity contribution in [1.82, 2.24) is 19.4 Å². The summed E-state index contributed by atoms with van der Waals surface area (Å²) in [7, 11) is 1.93. The van der Waals surface area contributed by atoms with E-state index in [2.05, 4.69) is 9.88 Å². The average Bonchev–Trinajstić information content (AvgIpc) is 3.08. The molecule has 0 bridgehead atoms. The summed E-state index contributed by atoms with van der Waals surface area (Å²) in [4.78, 5) is 21.1. The molecule has 3 heterocycles. The zero-order valence-electron chi connectivity index (χ0n) is 13.0. The van der Waals surface area contributed by atoms with Crippen LogP contribution in [-0.2, 0) is 23.1 Å². The van der Waals surface area contributed by atoms with E-state index in [0.717, 1.165) is 64.4 Å². The first kappa shape index (κ1) is 15.8. The van der Waals surface area contributed by atoms with Gasteiger partial charge in [0.2, 0.25) is 0 Å². The van der Waals surface area contributed by atoms with Crippen molar-refractivity contribution in [3.63, 3.8) is 0 Å². The molecule has 6 nitrogen and oxygen atoms in total. The molecule has 1 atom stereocenters. The van der Waals surface area contributed by atoms with E-state index in [0.29, 0.717) is 5.15 Å². The molecule has 0 aromatic carbocycles. The summed E-state index contributed by atoms with van der Waals surface area (Å²) in [5.41, 5.74) is 0. The van der Waals surface area contributed by atoms with Gasteiger partial charge in [-0.1, -0.05) is 11.6 Å². The summed E-state index contributed by atoms with van der Waals surface area (Å²) < 4.78 is 7.42. The molecule has 3 rings (SSSR count). The molecule has 0 spiro atoms. The highest BCUT2D eigenvalue weighted by Gasteiger charge is 2.29. The van der Waals surface area contributed by atoms with Crippen LogP contribution < -0.4 is 0 Å². The van der Waals surface area contributed by atoms with E-state index in [4.69, 9.17) is 16.3 Å². The number of hydrogen-bond donors (Lipinski definition) is 0. The lowest BCUT2D eigenvalue weighted by Crippen LogP contribution is -2.41. The van der Waals surface area contributed by atoms with Crippen LogP contribution in [0.15, 0.2) is 6.20 Å². The van der Waals surface area contributed by atoms with Crippen LogP contribution in [0.2, 0.25) is 5.15 Å². The third kappa shape index (κ3) is 3.45. The highest BCUT2D eigenvalue weighted by atomic mass is 35.5. The lowest BCUT2D eigenvalue weighted by Gasteiger charge is -2.24. The van der Waals surface area contributed by atoms with Crippen molar-refractivity contribution in [2.45, 2.75) is 31.9 Å². The van der Waals surface area contributed by atoms with Crippen LogP contribution in [-0.4, -0.2) is 64.1 Å². The van der Waals surface area contributed by atoms with Gasteiger partial charge in [-0.05, 0) is 19.3 Å². The van der Waals surface area contributed by atoms with Gasteiger partial charge in [0.15, 0.2) is 0 Å². The lowest BCUT2D eigenvalue weighted by atomic mass is 10.2. The van der Waals surface area contributed by atoms with Gasteiger partial charge in [-0.3, -0.25) is 9.69 Å². The van der Waals surface area contributed by atoms with Crippen molar-refractivity contribution >= 4 is 17.5 Å². The molecule has 1 amide bonds. The van der Waals surface area contributed by atoms with E-state index >= 15 is 0 Å². The van der Waals surface area contributed by atoms with Crippen LogP contribution in [0.3, 0.4) is 0 Å². The number of amides is 1. The fourth-order valence-corrected chi connectivity index (χ4v) is 3.24. The minimum Gasteiger partial charge on any atom is -0.368 e. The summed E-state index contributed by atoms with van der Waals surface area (Å²) in [6, 6.07) is 0. The summed E-state index contributed by atoms with van der Waals surface area (Å²) in [6.45, 7) is 4.90. The van der Waals surface area contributed by atoms with Crippen molar-refractivity contribution in [3.8, 4) is 0 Å². The Morgan fingerprint density at radius 3 is 2.91 bits per heavy atom. The van der Waals surface area contributed by atoms with Gasteiger partial charge in [-0.2, -0.15) is 0 Å². The second-order valence-electron chi connectivity index (χ2n) is 6.01. The Hall–Kier alpha value is -1.11. The zero-order valence-corrected chi connectivity index (χ0v) is 13.8. The van der Waals surface area contributed by atoms with Crippen LogP contribution in [0.1, 0.15) is 25.1 Å². The minimum atomic E-state index is -0.208. The van der Waals surface area contributed by atoms with E-state index in [1.54, 1.807) is 6.20 Å². The largest absolute Gasteiger partial charge is 0.368 e. The van der Waals surface area contributed by atoms with Crippen LogP contribution in [0.25, 0.3) is 0 Å². The number of rotatable bonds is 3. The topological polar surface area (TPSA) is 50.6 Å². The molecule has 0 unspecified atom stereocenters. The number of carbonyl (C=O) groups excluding carboxylic acids is 1. The predicted octanol–water partition coefficient (Wildman–Crippen LogP) is 1.29. The highest BCUT2D eigenvalue weighted by molar-refractivity contribution is 6.29. The molecule has 2 aliphatic heterocycles. The van der Waals surface area contributed by atoms with Gasteiger partial charge in [-0.15, -0.1) is 0 Å². The Balaban J connectivity index is 1.55. The first-order valence-electron chi connectivity index (χ1n) is 7.94. The molecule has 7 heteroatoms. The zero-order chi connectivity index (χ0) is 15.5. The summed E-state index contributed by atoms with van der Waals surface area (Å²) in [5, 5.41) is 0.653. The second kappa shape index (κ2) is 6.98. The molecule has 22 heavy (non-hydrogen) atoms. The monoisotopic (exact) mass is 326 g/mol. The molecule has 0 saturated carbocycles. The van der Waals surface area contributed by atoms with Gasteiger partial charge in [0.25, 0.3) is 5.91 Å². The first-order chi connectivity index (χ1) is 10.6.